The number of rotatable bonds is 5. The molecule has 0 atom stereocenters. The molecule has 0 saturated heterocycles. The van der Waals surface area contributed by atoms with Crippen LogP contribution in [-0.4, -0.2) is 31.9 Å². The lowest BCUT2D eigenvalue weighted by molar-refractivity contribution is -0.113. The molecule has 0 fully saturated rings. The number of fused-ring (bicyclic) bond motifs is 2. The van der Waals surface area contributed by atoms with Crippen LogP contribution >= 0.6 is 11.3 Å². The van der Waals surface area contributed by atoms with Crippen LogP contribution in [0.25, 0.3) is 16.3 Å². The Kier molecular flexibility index (Phi) is 5.31. The molecule has 1 aliphatic rings. The largest absolute Gasteiger partial charge is 0.454 e. The number of carbonyl (C=O) groups excluding carboxylic acids is 1. The number of sulfone groups is 1. The van der Waals surface area contributed by atoms with Gasteiger partial charge in [-0.1, -0.05) is 23.5 Å². The molecule has 0 spiro atoms. The molecule has 2 heterocycles. The van der Waals surface area contributed by atoms with E-state index in [4.69, 9.17) is 9.47 Å². The molecule has 9 heteroatoms. The molecule has 2 aromatic carbocycles. The monoisotopic (exact) mass is 442 g/mol. The standard InChI is InChI=1S/C21H18N2O5S2/c1-3-10-23-16-7-6-15(30(2,25)26)12-19(16)29-21(23)22-20(24)9-5-14-4-8-17-18(11-14)28-13-27-17/h3-9,11-12H,1,10,13H2,2H3. The van der Waals surface area contributed by atoms with Crippen LogP contribution in [0.15, 0.2) is 65.0 Å². The van der Waals surface area contributed by atoms with Crippen LogP contribution < -0.4 is 14.3 Å². The molecule has 4 rings (SSSR count). The van der Waals surface area contributed by atoms with Crippen LogP contribution in [0, 0.1) is 0 Å². The van der Waals surface area contributed by atoms with Crippen molar-refractivity contribution in [2.75, 3.05) is 13.0 Å². The molecule has 3 aromatic rings. The van der Waals surface area contributed by atoms with Crippen LogP contribution in [0.5, 0.6) is 11.5 Å². The molecule has 1 aromatic heterocycles. The van der Waals surface area contributed by atoms with Crippen molar-refractivity contribution in [2.24, 2.45) is 4.99 Å². The van der Waals surface area contributed by atoms with Crippen molar-refractivity contribution in [3.8, 4) is 11.5 Å². The van der Waals surface area contributed by atoms with E-state index >= 15 is 0 Å². The second kappa shape index (κ2) is 7.92. The highest BCUT2D eigenvalue weighted by Gasteiger charge is 2.13. The van der Waals surface area contributed by atoms with Crippen molar-refractivity contribution < 1.29 is 22.7 Å². The van der Waals surface area contributed by atoms with E-state index in [0.29, 0.717) is 22.8 Å². The lowest BCUT2D eigenvalue weighted by atomic mass is 10.2. The van der Waals surface area contributed by atoms with Crippen molar-refractivity contribution in [1.29, 1.82) is 0 Å². The van der Waals surface area contributed by atoms with Gasteiger partial charge in [0.15, 0.2) is 26.1 Å². The van der Waals surface area contributed by atoms with E-state index in [1.165, 1.54) is 17.4 Å². The first-order valence-corrected chi connectivity index (χ1v) is 11.7. The minimum atomic E-state index is -3.33. The van der Waals surface area contributed by atoms with E-state index in [9.17, 15) is 13.2 Å². The first kappa shape index (κ1) is 20.1. The number of allylic oxidation sites excluding steroid dienone is 1. The number of nitrogens with zero attached hydrogens (tertiary/aromatic N) is 2. The number of amides is 1. The number of aromatic nitrogens is 1. The van der Waals surface area contributed by atoms with Crippen LogP contribution in [0.1, 0.15) is 5.56 Å². The van der Waals surface area contributed by atoms with Gasteiger partial charge in [0, 0.05) is 18.9 Å². The second-order valence-corrected chi connectivity index (χ2v) is 9.61. The van der Waals surface area contributed by atoms with Gasteiger partial charge in [0.05, 0.1) is 15.1 Å². The van der Waals surface area contributed by atoms with Gasteiger partial charge in [0.1, 0.15) is 0 Å². The SMILES string of the molecule is C=CCn1c(=NC(=O)C=Cc2ccc3c(c2)OCO3)sc2cc(S(C)(=O)=O)ccc21. The summed E-state index contributed by atoms with van der Waals surface area (Å²) in [6.45, 7) is 4.38. The van der Waals surface area contributed by atoms with Crippen molar-refractivity contribution >= 4 is 43.4 Å². The molecule has 7 nitrogen and oxygen atoms in total. The number of ether oxygens (including phenoxy) is 2. The summed E-state index contributed by atoms with van der Waals surface area (Å²) in [5, 5.41) is 0. The third-order valence-electron chi connectivity index (χ3n) is 4.41. The highest BCUT2D eigenvalue weighted by atomic mass is 32.2. The maximum absolute atomic E-state index is 12.4. The summed E-state index contributed by atoms with van der Waals surface area (Å²) in [5.74, 6) is 0.879. The number of carbonyl (C=O) groups is 1. The van der Waals surface area contributed by atoms with E-state index in [0.717, 1.165) is 22.0 Å². The maximum atomic E-state index is 12.4. The predicted molar refractivity (Wildman–Crippen MR) is 115 cm³/mol. The molecular weight excluding hydrogens is 424 g/mol. The fourth-order valence-electron chi connectivity index (χ4n) is 2.99. The van der Waals surface area contributed by atoms with Gasteiger partial charge in [-0.3, -0.25) is 4.79 Å². The van der Waals surface area contributed by atoms with Crippen molar-refractivity contribution in [3.05, 3.63) is 65.5 Å². The molecule has 0 unspecified atom stereocenters. The van der Waals surface area contributed by atoms with Gasteiger partial charge in [-0.2, -0.15) is 4.99 Å². The summed E-state index contributed by atoms with van der Waals surface area (Å²) < 4.78 is 36.8. The molecule has 0 saturated carbocycles. The summed E-state index contributed by atoms with van der Waals surface area (Å²) in [5.41, 5.74) is 1.58. The van der Waals surface area contributed by atoms with E-state index < -0.39 is 15.7 Å². The molecule has 0 bridgehead atoms. The first-order chi connectivity index (χ1) is 14.3. The fraction of sp³-hybridized carbons (Fsp3) is 0.143. The summed E-state index contributed by atoms with van der Waals surface area (Å²) in [6, 6.07) is 10.3. The summed E-state index contributed by atoms with van der Waals surface area (Å²) in [6.07, 6.45) is 5.89. The van der Waals surface area contributed by atoms with Crippen molar-refractivity contribution in [1.82, 2.24) is 4.57 Å². The van der Waals surface area contributed by atoms with Gasteiger partial charge < -0.3 is 14.0 Å². The topological polar surface area (TPSA) is 87.0 Å². The van der Waals surface area contributed by atoms with Gasteiger partial charge >= 0.3 is 0 Å². The molecule has 0 aliphatic carbocycles. The van der Waals surface area contributed by atoms with Gasteiger partial charge in [-0.05, 0) is 42.0 Å². The van der Waals surface area contributed by atoms with Crippen LogP contribution in [0.2, 0.25) is 0 Å². The van der Waals surface area contributed by atoms with Crippen LogP contribution in [0.4, 0.5) is 0 Å². The molecule has 30 heavy (non-hydrogen) atoms. The average Bonchev–Trinajstić information content (AvgIpc) is 3.30. The lowest BCUT2D eigenvalue weighted by Crippen LogP contribution is -2.15. The Hall–Kier alpha value is -3.17. The van der Waals surface area contributed by atoms with Crippen molar-refractivity contribution in [3.63, 3.8) is 0 Å². The van der Waals surface area contributed by atoms with E-state index in [1.54, 1.807) is 42.5 Å². The predicted octanol–water partition coefficient (Wildman–Crippen LogP) is 3.16. The third kappa shape index (κ3) is 4.07. The Morgan fingerprint density at radius 2 is 2.03 bits per heavy atom. The normalized spacial score (nSPS) is 14.0. The third-order valence-corrected chi connectivity index (χ3v) is 6.57. The molecule has 0 N–H and O–H groups in total. The minimum Gasteiger partial charge on any atom is -0.454 e. The Balaban J connectivity index is 1.69. The molecule has 1 aliphatic heterocycles. The van der Waals surface area contributed by atoms with Crippen LogP contribution in [0.3, 0.4) is 0 Å². The molecular formula is C21H18N2O5S2. The zero-order chi connectivity index (χ0) is 21.3. The number of hydrogen-bond acceptors (Lipinski definition) is 6. The van der Waals surface area contributed by atoms with E-state index in [2.05, 4.69) is 11.6 Å². The zero-order valence-electron chi connectivity index (χ0n) is 16.1. The summed E-state index contributed by atoms with van der Waals surface area (Å²) in [4.78, 5) is 17.3. The van der Waals surface area contributed by atoms with E-state index in [1.807, 2.05) is 10.6 Å². The Bertz CT molecular complexity index is 1360. The summed E-state index contributed by atoms with van der Waals surface area (Å²) in [7, 11) is -3.33. The van der Waals surface area contributed by atoms with Crippen LogP contribution in [-0.2, 0) is 21.2 Å². The Morgan fingerprint density at radius 1 is 1.23 bits per heavy atom. The second-order valence-electron chi connectivity index (χ2n) is 6.58. The Morgan fingerprint density at radius 3 is 2.80 bits per heavy atom. The minimum absolute atomic E-state index is 0.188. The van der Waals surface area contributed by atoms with Gasteiger partial charge in [-0.15, -0.1) is 6.58 Å². The summed E-state index contributed by atoms with van der Waals surface area (Å²) >= 11 is 1.25. The first-order valence-electron chi connectivity index (χ1n) is 8.96. The highest BCUT2D eigenvalue weighted by molar-refractivity contribution is 7.90. The zero-order valence-corrected chi connectivity index (χ0v) is 17.7. The maximum Gasteiger partial charge on any atom is 0.272 e. The highest BCUT2D eigenvalue weighted by Crippen LogP contribution is 2.32. The average molecular weight is 443 g/mol. The van der Waals surface area contributed by atoms with E-state index in [-0.39, 0.29) is 11.7 Å². The van der Waals surface area contributed by atoms with Gasteiger partial charge in [0.2, 0.25) is 6.79 Å². The number of benzene rings is 2. The van der Waals surface area contributed by atoms with Gasteiger partial charge in [-0.25, -0.2) is 8.42 Å². The van der Waals surface area contributed by atoms with Crippen molar-refractivity contribution in [2.45, 2.75) is 11.4 Å². The molecule has 154 valence electrons. The number of hydrogen-bond donors (Lipinski definition) is 0. The quantitative estimate of drug-likeness (QED) is 0.447. The Labute approximate surface area is 177 Å². The number of thiazole rings is 1. The molecule has 1 amide bonds. The smallest absolute Gasteiger partial charge is 0.272 e. The fourth-order valence-corrected chi connectivity index (χ4v) is 4.80. The van der Waals surface area contributed by atoms with Gasteiger partial charge in [0.25, 0.3) is 5.91 Å². The lowest BCUT2D eigenvalue weighted by Gasteiger charge is -2.02. The molecule has 0 radical (unpaired) electrons.